The van der Waals surface area contributed by atoms with Crippen molar-refractivity contribution in [1.82, 2.24) is 0 Å². The Morgan fingerprint density at radius 1 is 1.02 bits per heavy atom. The van der Waals surface area contributed by atoms with Gasteiger partial charge in [0.15, 0.2) is 11.4 Å². The van der Waals surface area contributed by atoms with Crippen molar-refractivity contribution in [3.63, 3.8) is 0 Å². The van der Waals surface area contributed by atoms with Crippen LogP contribution < -0.4 is 0 Å². The van der Waals surface area contributed by atoms with E-state index in [-0.39, 0.29) is 25.0 Å². The van der Waals surface area contributed by atoms with Crippen molar-refractivity contribution in [2.45, 2.75) is 116 Å². The number of carbonyl (C=O) groups is 3. The van der Waals surface area contributed by atoms with E-state index in [1.165, 1.54) is 14.0 Å². The zero-order valence-corrected chi connectivity index (χ0v) is 27.4. The summed E-state index contributed by atoms with van der Waals surface area (Å²) in [7, 11) is 1.18. The van der Waals surface area contributed by atoms with Crippen molar-refractivity contribution >= 4 is 18.1 Å². The summed E-state index contributed by atoms with van der Waals surface area (Å²) >= 11 is 0. The monoisotopic (exact) mass is 630 g/mol. The summed E-state index contributed by atoms with van der Waals surface area (Å²) in [5.74, 6) is -3.40. The number of hydrogen-bond acceptors (Lipinski definition) is 11. The summed E-state index contributed by atoms with van der Waals surface area (Å²) in [6.07, 6.45) is -3.89. The number of aliphatic hydroxyl groups excluding tert-OH is 1. The van der Waals surface area contributed by atoms with Crippen molar-refractivity contribution < 1.29 is 53.0 Å². The van der Waals surface area contributed by atoms with Crippen molar-refractivity contribution in [3.05, 3.63) is 47.0 Å². The van der Waals surface area contributed by atoms with E-state index >= 15 is 0 Å². The zero-order valence-electron chi connectivity index (χ0n) is 27.4. The maximum atomic E-state index is 14.0. The van der Waals surface area contributed by atoms with Gasteiger partial charge in [-0.15, -0.1) is 0 Å². The fraction of sp³-hybridized carbons (Fsp3) is 0.676. The van der Waals surface area contributed by atoms with Gasteiger partial charge in [-0.3, -0.25) is 4.79 Å². The first kappa shape index (κ1) is 33.4. The number of rotatable bonds is 5. The highest BCUT2D eigenvalue weighted by atomic mass is 16.8. The number of hydrogen-bond donors (Lipinski definition) is 2. The van der Waals surface area contributed by atoms with Crippen molar-refractivity contribution in [2.75, 3.05) is 13.7 Å². The van der Waals surface area contributed by atoms with Gasteiger partial charge in [-0.2, -0.15) is 0 Å². The molecule has 4 aliphatic rings. The Labute approximate surface area is 264 Å². The van der Waals surface area contributed by atoms with Gasteiger partial charge in [0.25, 0.3) is 0 Å². The fourth-order valence-electron chi connectivity index (χ4n) is 8.67. The lowest BCUT2D eigenvalue weighted by Crippen LogP contribution is -2.74. The highest BCUT2D eigenvalue weighted by molar-refractivity contribution is 5.89. The Balaban J connectivity index is 1.84. The van der Waals surface area contributed by atoms with E-state index in [0.29, 0.717) is 24.0 Å². The van der Waals surface area contributed by atoms with Gasteiger partial charge in [0.1, 0.15) is 24.4 Å². The molecule has 11 heteroatoms. The summed E-state index contributed by atoms with van der Waals surface area (Å²) in [4.78, 5) is 39.2. The average Bonchev–Trinajstić information content (AvgIpc) is 3.29. The molecule has 2 N–H and O–H groups in total. The largest absolute Gasteiger partial charge is 0.508 e. The van der Waals surface area contributed by atoms with Gasteiger partial charge in [0.2, 0.25) is 0 Å². The molecule has 1 heterocycles. The lowest BCUT2D eigenvalue weighted by atomic mass is 9.46. The summed E-state index contributed by atoms with van der Waals surface area (Å²) in [5.41, 5.74) is -4.11. The SMILES string of the molecule is COC(=O)O[C@@]1(COC(C)=O)CCC[C@]2(C)[C@@H]1[C@H](OC(=O)c1ccccc1)[C@]1(O)C[C@H](O)C(C)=C([C@H]3OC(C)(C)O[C@@H]32)C1(C)C. The third-order valence-corrected chi connectivity index (χ3v) is 10.8. The Hall–Kier alpha value is -2.99. The van der Waals surface area contributed by atoms with Gasteiger partial charge in [-0.05, 0) is 63.3 Å². The summed E-state index contributed by atoms with van der Waals surface area (Å²) < 4.78 is 36.4. The van der Waals surface area contributed by atoms with Crippen LogP contribution in [0.15, 0.2) is 41.5 Å². The van der Waals surface area contributed by atoms with Gasteiger partial charge < -0.3 is 38.6 Å². The molecule has 8 atom stereocenters. The predicted octanol–water partition coefficient (Wildman–Crippen LogP) is 4.48. The standard InChI is InChI=1S/C34H46O11/c1-19-22(36)17-34(39)27(42-28(37)21-13-10-9-11-14-21)25-32(7,26-24(23(19)30(34,3)4)43-31(5,6)44-26)15-12-16-33(25,18-41-20(2)35)45-29(38)40-8/h9-11,13-14,22,24-27,36,39H,12,15-18H2,1-8H3/t22-,24+,25-,26-,27-,32+,33+,34+/m0/s1. The Morgan fingerprint density at radius 3 is 2.31 bits per heavy atom. The molecule has 0 radical (unpaired) electrons. The van der Waals surface area contributed by atoms with Crippen LogP contribution in [0.4, 0.5) is 4.79 Å². The molecule has 3 fully saturated rings. The average molecular weight is 631 g/mol. The molecule has 0 unspecified atom stereocenters. The molecule has 1 aliphatic heterocycles. The normalized spacial score (nSPS) is 38.1. The lowest BCUT2D eigenvalue weighted by Gasteiger charge is -2.64. The molecule has 0 amide bonds. The molecule has 1 aromatic carbocycles. The summed E-state index contributed by atoms with van der Waals surface area (Å²) in [6.45, 7) is 11.9. The third-order valence-electron chi connectivity index (χ3n) is 10.8. The van der Waals surface area contributed by atoms with E-state index in [0.717, 1.165) is 0 Å². The first-order valence-corrected chi connectivity index (χ1v) is 15.6. The predicted molar refractivity (Wildman–Crippen MR) is 160 cm³/mol. The van der Waals surface area contributed by atoms with E-state index in [9.17, 15) is 24.6 Å². The summed E-state index contributed by atoms with van der Waals surface area (Å²) in [6, 6.07) is 8.39. The Bertz CT molecular complexity index is 1370. The fourth-order valence-corrected chi connectivity index (χ4v) is 8.67. The number of carbonyl (C=O) groups excluding carboxylic acids is 3. The molecular formula is C34H46O11. The second-order valence-corrected chi connectivity index (χ2v) is 14.3. The molecule has 1 aromatic rings. The molecule has 0 spiro atoms. The maximum Gasteiger partial charge on any atom is 0.508 e. The zero-order chi connectivity index (χ0) is 33.2. The molecule has 11 nitrogen and oxygen atoms in total. The Kier molecular flexibility index (Phi) is 8.43. The van der Waals surface area contributed by atoms with Gasteiger partial charge in [-0.1, -0.05) is 39.0 Å². The van der Waals surface area contributed by atoms with Crippen LogP contribution in [-0.4, -0.2) is 83.4 Å². The first-order valence-electron chi connectivity index (χ1n) is 15.6. The lowest BCUT2D eigenvalue weighted by molar-refractivity contribution is -0.270. The second kappa shape index (κ2) is 11.4. The van der Waals surface area contributed by atoms with E-state index < -0.39 is 76.2 Å². The molecule has 0 aromatic heterocycles. The van der Waals surface area contributed by atoms with E-state index in [1.54, 1.807) is 44.2 Å². The summed E-state index contributed by atoms with van der Waals surface area (Å²) in [5, 5.41) is 24.7. The minimum atomic E-state index is -1.92. The molecule has 1 saturated heterocycles. The van der Waals surface area contributed by atoms with Gasteiger partial charge in [0.05, 0.1) is 30.8 Å². The van der Waals surface area contributed by atoms with Crippen molar-refractivity contribution in [3.8, 4) is 0 Å². The van der Waals surface area contributed by atoms with Crippen LogP contribution in [0.2, 0.25) is 0 Å². The van der Waals surface area contributed by atoms with Crippen LogP contribution in [0.1, 0.15) is 84.5 Å². The van der Waals surface area contributed by atoms with Crippen LogP contribution in [-0.2, 0) is 33.2 Å². The number of ether oxygens (including phenoxy) is 6. The van der Waals surface area contributed by atoms with Gasteiger partial charge in [-0.25, -0.2) is 9.59 Å². The van der Waals surface area contributed by atoms with Crippen LogP contribution in [0.3, 0.4) is 0 Å². The quantitative estimate of drug-likeness (QED) is 0.270. The number of benzene rings is 1. The highest BCUT2D eigenvalue weighted by Crippen LogP contribution is 2.65. The van der Waals surface area contributed by atoms with Crippen LogP contribution in [0.5, 0.6) is 0 Å². The van der Waals surface area contributed by atoms with Crippen molar-refractivity contribution in [2.24, 2.45) is 16.7 Å². The number of aliphatic hydroxyl groups is 2. The van der Waals surface area contributed by atoms with Gasteiger partial charge >= 0.3 is 18.1 Å². The number of fused-ring (bicyclic) bond motifs is 6. The molecule has 3 aliphatic carbocycles. The number of methoxy groups -OCH3 is 1. The Morgan fingerprint density at radius 2 is 1.69 bits per heavy atom. The first-order chi connectivity index (χ1) is 20.9. The maximum absolute atomic E-state index is 14.0. The minimum Gasteiger partial charge on any atom is -0.462 e. The molecule has 45 heavy (non-hydrogen) atoms. The minimum absolute atomic E-state index is 0.182. The third kappa shape index (κ3) is 5.35. The van der Waals surface area contributed by atoms with Crippen LogP contribution in [0.25, 0.3) is 0 Å². The van der Waals surface area contributed by atoms with E-state index in [4.69, 9.17) is 28.4 Å². The molecule has 2 saturated carbocycles. The molecule has 5 rings (SSSR count). The highest BCUT2D eigenvalue weighted by Gasteiger charge is 2.74. The molecule has 2 bridgehead atoms. The van der Waals surface area contributed by atoms with Crippen LogP contribution >= 0.6 is 0 Å². The van der Waals surface area contributed by atoms with E-state index in [1.807, 2.05) is 27.7 Å². The van der Waals surface area contributed by atoms with Crippen LogP contribution in [0, 0.1) is 16.7 Å². The molecule has 248 valence electrons. The van der Waals surface area contributed by atoms with Crippen molar-refractivity contribution in [1.29, 1.82) is 0 Å². The number of esters is 2. The smallest absolute Gasteiger partial charge is 0.462 e. The molecular weight excluding hydrogens is 584 g/mol. The van der Waals surface area contributed by atoms with Gasteiger partial charge in [0, 0.05) is 24.2 Å². The second-order valence-electron chi connectivity index (χ2n) is 14.3. The van der Waals surface area contributed by atoms with E-state index in [2.05, 4.69) is 0 Å². The topological polar surface area (TPSA) is 147 Å².